The Balaban J connectivity index is 1.59. The maximum absolute atomic E-state index is 14.9. The first kappa shape index (κ1) is 16.4. The summed E-state index contributed by atoms with van der Waals surface area (Å²) in [5.74, 6) is -2.95. The molecule has 1 saturated carbocycles. The van der Waals surface area contributed by atoms with Crippen molar-refractivity contribution in [2.45, 2.75) is 55.7 Å². The molecule has 4 aliphatic rings. The van der Waals surface area contributed by atoms with E-state index >= 15 is 0 Å². The van der Waals surface area contributed by atoms with Crippen LogP contribution in [0.3, 0.4) is 0 Å². The number of piperidine rings is 2. The zero-order valence-electron chi connectivity index (χ0n) is 13.6. The highest BCUT2D eigenvalue weighted by Crippen LogP contribution is 2.54. The number of alkyl halides is 1. The molecule has 3 saturated heterocycles. The summed E-state index contributed by atoms with van der Waals surface area (Å²) in [7, 11) is 0. The summed E-state index contributed by atoms with van der Waals surface area (Å²) in [6.07, 6.45) is 3.10. The van der Waals surface area contributed by atoms with E-state index in [1.165, 1.54) is 18.2 Å². The third kappa shape index (κ3) is 2.39. The van der Waals surface area contributed by atoms with Gasteiger partial charge in [0.25, 0.3) is 0 Å². The molecule has 4 fully saturated rings. The molecule has 6 atom stereocenters. The molecule has 0 aromatic heterocycles. The first-order valence-corrected chi connectivity index (χ1v) is 9.65. The lowest BCUT2D eigenvalue weighted by molar-refractivity contribution is -0.156. The minimum Gasteiger partial charge on any atom is -0.481 e. The van der Waals surface area contributed by atoms with Crippen molar-refractivity contribution in [1.82, 2.24) is 9.80 Å². The molecule has 0 aromatic rings. The van der Waals surface area contributed by atoms with Crippen LogP contribution in [0.4, 0.5) is 4.39 Å². The van der Waals surface area contributed by atoms with Crippen molar-refractivity contribution in [3.63, 3.8) is 0 Å². The second kappa shape index (κ2) is 6.02. The molecule has 132 valence electrons. The third-order valence-electron chi connectivity index (χ3n) is 6.10. The molecule has 0 aromatic carbocycles. The van der Waals surface area contributed by atoms with Crippen molar-refractivity contribution in [3.05, 3.63) is 11.6 Å². The van der Waals surface area contributed by atoms with E-state index in [0.717, 1.165) is 31.0 Å². The molecule has 5 nitrogen and oxygen atoms in total. The Bertz CT molecular complexity index is 580. The Kier molecular flexibility index (Phi) is 4.11. The minimum absolute atomic E-state index is 0.0919. The van der Waals surface area contributed by atoms with Crippen LogP contribution in [-0.4, -0.2) is 63.4 Å². The van der Waals surface area contributed by atoms with Crippen molar-refractivity contribution in [3.8, 4) is 0 Å². The summed E-state index contributed by atoms with van der Waals surface area (Å²) in [6.45, 7) is 5.84. The van der Waals surface area contributed by atoms with Crippen molar-refractivity contribution < 1.29 is 19.1 Å². The van der Waals surface area contributed by atoms with E-state index < -0.39 is 24.0 Å². The second-order valence-electron chi connectivity index (χ2n) is 7.35. The first-order chi connectivity index (χ1) is 11.5. The van der Waals surface area contributed by atoms with Gasteiger partial charge in [0.05, 0.1) is 5.03 Å². The monoisotopic (exact) mass is 354 g/mol. The van der Waals surface area contributed by atoms with Gasteiger partial charge in [-0.3, -0.25) is 14.5 Å². The van der Waals surface area contributed by atoms with Crippen molar-refractivity contribution >= 4 is 23.5 Å². The van der Waals surface area contributed by atoms with E-state index in [1.807, 2.05) is 4.90 Å². The highest BCUT2D eigenvalue weighted by molar-refractivity contribution is 8.05. The van der Waals surface area contributed by atoms with Crippen molar-refractivity contribution in [2.24, 2.45) is 11.8 Å². The molecule has 0 amide bonds. The number of likely N-dealkylation sites (tertiary alicyclic amines) is 1. The number of carbonyl (C=O) groups is 2. The van der Waals surface area contributed by atoms with E-state index in [1.54, 1.807) is 0 Å². The van der Waals surface area contributed by atoms with Gasteiger partial charge in [0.2, 0.25) is 0 Å². The fourth-order valence-electron chi connectivity index (χ4n) is 4.92. The van der Waals surface area contributed by atoms with E-state index in [0.29, 0.717) is 6.42 Å². The molecule has 7 heteroatoms. The maximum atomic E-state index is 14.9. The Hall–Kier alpha value is -1.08. The molecule has 1 aliphatic carbocycles. The number of ketones is 1. The fourth-order valence-corrected chi connectivity index (χ4v) is 6.20. The van der Waals surface area contributed by atoms with Gasteiger partial charge in [-0.2, -0.15) is 0 Å². The highest BCUT2D eigenvalue weighted by atomic mass is 32.2. The largest absolute Gasteiger partial charge is 0.481 e. The predicted octanol–water partition coefficient (Wildman–Crippen LogP) is 2.09. The van der Waals surface area contributed by atoms with Gasteiger partial charge >= 0.3 is 5.97 Å². The van der Waals surface area contributed by atoms with Crippen LogP contribution >= 0.6 is 11.8 Å². The molecule has 4 rings (SSSR count). The number of carbonyl (C=O) groups excluding carboxylic acids is 1. The van der Waals surface area contributed by atoms with Crippen LogP contribution in [0.25, 0.3) is 0 Å². The average Bonchev–Trinajstić information content (AvgIpc) is 2.55. The van der Waals surface area contributed by atoms with E-state index in [-0.39, 0.29) is 29.7 Å². The minimum atomic E-state index is -1.10. The Morgan fingerprint density at radius 1 is 1.21 bits per heavy atom. The second-order valence-corrected chi connectivity index (χ2v) is 8.54. The number of carboxylic acid groups (broad SMARTS) is 1. The summed E-state index contributed by atoms with van der Waals surface area (Å²) < 4.78 is 14.9. The first-order valence-electron chi connectivity index (χ1n) is 8.77. The number of aliphatic carboxylic acids is 1. The molecule has 0 bridgehead atoms. The van der Waals surface area contributed by atoms with Gasteiger partial charge in [-0.05, 0) is 38.8 Å². The van der Waals surface area contributed by atoms with Crippen LogP contribution in [0.15, 0.2) is 11.6 Å². The number of fused-ring (bicyclic) bond motifs is 3. The summed E-state index contributed by atoms with van der Waals surface area (Å²) in [6, 6.07) is -0.245. The lowest BCUT2D eigenvalue weighted by Gasteiger charge is -2.59. The van der Waals surface area contributed by atoms with Crippen LogP contribution in [0, 0.1) is 11.8 Å². The van der Waals surface area contributed by atoms with Crippen molar-refractivity contribution in [2.75, 3.05) is 13.1 Å². The molecule has 0 radical (unpaired) electrons. The zero-order chi connectivity index (χ0) is 17.0. The van der Waals surface area contributed by atoms with Crippen molar-refractivity contribution in [1.29, 1.82) is 0 Å². The number of thioether (sulfide) groups is 1. The Labute approximate surface area is 145 Å². The Morgan fingerprint density at radius 3 is 2.54 bits per heavy atom. The molecule has 6 unspecified atom stereocenters. The average molecular weight is 354 g/mol. The number of rotatable bonds is 2. The van der Waals surface area contributed by atoms with Gasteiger partial charge in [-0.25, -0.2) is 4.39 Å². The summed E-state index contributed by atoms with van der Waals surface area (Å²) in [4.78, 5) is 28.5. The highest BCUT2D eigenvalue weighted by Gasteiger charge is 2.59. The van der Waals surface area contributed by atoms with Gasteiger partial charge in [0, 0.05) is 18.0 Å². The topological polar surface area (TPSA) is 60.9 Å². The smallest absolute Gasteiger partial charge is 0.317 e. The van der Waals surface area contributed by atoms with E-state index in [9.17, 15) is 19.1 Å². The lowest BCUT2D eigenvalue weighted by Crippen LogP contribution is -2.67. The van der Waals surface area contributed by atoms with Gasteiger partial charge in [0.15, 0.2) is 5.78 Å². The normalized spacial score (nSPS) is 43.0. The summed E-state index contributed by atoms with van der Waals surface area (Å²) in [5.41, 5.74) is 0. The number of hydrogen-bond donors (Lipinski definition) is 1. The fraction of sp³-hybridized carbons (Fsp3) is 0.765. The van der Waals surface area contributed by atoms with Crippen LogP contribution in [0.1, 0.15) is 32.1 Å². The molecule has 0 spiro atoms. The van der Waals surface area contributed by atoms with Crippen LogP contribution in [-0.2, 0) is 9.59 Å². The SMILES string of the molecule is C=C1SC2C(C(=O)O)C(=O)C3CC(F)C(N4CCCCC4)CC3N12. The number of nitrogens with zero attached hydrogens (tertiary/aromatic N) is 2. The number of halogens is 1. The van der Waals surface area contributed by atoms with Crippen LogP contribution in [0.2, 0.25) is 0 Å². The molecular weight excluding hydrogens is 331 g/mol. The van der Waals surface area contributed by atoms with Gasteiger partial charge < -0.3 is 10.0 Å². The maximum Gasteiger partial charge on any atom is 0.317 e. The van der Waals surface area contributed by atoms with Crippen LogP contribution in [0.5, 0.6) is 0 Å². The lowest BCUT2D eigenvalue weighted by atomic mass is 9.71. The Morgan fingerprint density at radius 2 is 1.92 bits per heavy atom. The van der Waals surface area contributed by atoms with Gasteiger partial charge in [0.1, 0.15) is 17.5 Å². The summed E-state index contributed by atoms with van der Waals surface area (Å²) in [5, 5.41) is 9.90. The van der Waals surface area contributed by atoms with Gasteiger partial charge in [-0.15, -0.1) is 0 Å². The summed E-state index contributed by atoms with van der Waals surface area (Å²) >= 11 is 1.37. The number of hydrogen-bond acceptors (Lipinski definition) is 5. The standard InChI is InChI=1S/C17H23FN2O3S/c1-9-20-12-8-13(19-5-3-2-4-6-19)11(18)7-10(12)15(21)14(17(22)23)16(20)24-9/h10-14,16H,1-8H2,(H,22,23). The molecule has 1 N–H and O–H groups in total. The number of Topliss-reactive ketones (excluding diaryl/α,β-unsaturated/α-hetero) is 1. The molecule has 24 heavy (non-hydrogen) atoms. The molecule has 3 aliphatic heterocycles. The number of carboxylic acids is 1. The van der Waals surface area contributed by atoms with Crippen LogP contribution < -0.4 is 0 Å². The van der Waals surface area contributed by atoms with E-state index in [2.05, 4.69) is 11.5 Å². The van der Waals surface area contributed by atoms with E-state index in [4.69, 9.17) is 0 Å². The quantitative estimate of drug-likeness (QED) is 0.766. The molecule has 3 heterocycles. The third-order valence-corrected chi connectivity index (χ3v) is 7.33. The predicted molar refractivity (Wildman–Crippen MR) is 89.1 cm³/mol. The van der Waals surface area contributed by atoms with Gasteiger partial charge in [-0.1, -0.05) is 24.8 Å². The zero-order valence-corrected chi connectivity index (χ0v) is 14.4. The molecular formula is C17H23FN2O3S.